The number of carbonyl (C=O) groups is 3. The largest absolute Gasteiger partial charge is 0.335 e. The van der Waals surface area contributed by atoms with Crippen LogP contribution in [0.5, 0.6) is 0 Å². The summed E-state index contributed by atoms with van der Waals surface area (Å²) in [6.07, 6.45) is 1.52. The van der Waals surface area contributed by atoms with Crippen LogP contribution in [-0.2, 0) is 9.59 Å². The van der Waals surface area contributed by atoms with E-state index >= 15 is 0 Å². The molecule has 1 aliphatic rings. The van der Waals surface area contributed by atoms with E-state index in [0.717, 1.165) is 21.8 Å². The fourth-order valence-corrected chi connectivity index (χ4v) is 3.41. The van der Waals surface area contributed by atoms with Gasteiger partial charge in [0.2, 0.25) is 0 Å². The zero-order valence-corrected chi connectivity index (χ0v) is 16.0. The van der Waals surface area contributed by atoms with Crippen molar-refractivity contribution in [3.8, 4) is 5.69 Å². The highest BCUT2D eigenvalue weighted by Gasteiger charge is 2.37. The van der Waals surface area contributed by atoms with Crippen LogP contribution >= 0.6 is 0 Å². The number of nitrogens with one attached hydrogen (secondary N) is 1. The Labute approximate surface area is 168 Å². The first kappa shape index (κ1) is 18.4. The number of rotatable bonds is 3. The van der Waals surface area contributed by atoms with Gasteiger partial charge in [-0.05, 0) is 61.9 Å². The van der Waals surface area contributed by atoms with Gasteiger partial charge >= 0.3 is 6.03 Å². The van der Waals surface area contributed by atoms with Gasteiger partial charge in [0.15, 0.2) is 0 Å². The molecule has 0 spiro atoms. The smallest absolute Gasteiger partial charge is 0.314 e. The summed E-state index contributed by atoms with van der Waals surface area (Å²) < 4.78 is 1.95. The Balaban J connectivity index is 1.79. The van der Waals surface area contributed by atoms with Gasteiger partial charge in [0.25, 0.3) is 11.8 Å². The van der Waals surface area contributed by atoms with Crippen LogP contribution in [0.25, 0.3) is 11.8 Å². The lowest BCUT2D eigenvalue weighted by Crippen LogP contribution is -2.54. The summed E-state index contributed by atoms with van der Waals surface area (Å²) in [7, 11) is 0. The Morgan fingerprint density at radius 2 is 1.55 bits per heavy atom. The summed E-state index contributed by atoms with van der Waals surface area (Å²) in [6, 6.07) is 19.7. The molecule has 0 atom stereocenters. The molecule has 2 heterocycles. The maximum Gasteiger partial charge on any atom is 0.335 e. The van der Waals surface area contributed by atoms with E-state index in [4.69, 9.17) is 0 Å². The Morgan fingerprint density at radius 1 is 0.828 bits per heavy atom. The molecule has 0 unspecified atom stereocenters. The van der Waals surface area contributed by atoms with Gasteiger partial charge in [0, 0.05) is 17.1 Å². The summed E-state index contributed by atoms with van der Waals surface area (Å²) >= 11 is 0. The highest BCUT2D eigenvalue weighted by Crippen LogP contribution is 2.24. The number of barbiturate groups is 1. The zero-order valence-electron chi connectivity index (χ0n) is 16.0. The molecule has 0 aliphatic carbocycles. The predicted molar refractivity (Wildman–Crippen MR) is 111 cm³/mol. The number of aromatic nitrogens is 1. The first-order valence-corrected chi connectivity index (χ1v) is 9.17. The van der Waals surface area contributed by atoms with Crippen LogP contribution in [0.3, 0.4) is 0 Å². The minimum atomic E-state index is -0.752. The molecule has 29 heavy (non-hydrogen) atoms. The summed E-state index contributed by atoms with van der Waals surface area (Å²) in [5.74, 6) is -1.36. The standard InChI is InChI=1S/C23H19N3O3/c1-15-7-6-10-18(13-15)26-22(28)20(21(27)24-23(26)29)14-19-12-11-16(2)25(19)17-8-4-3-5-9-17/h3-14H,1-2H3,(H,24,27,29)/b20-14+. The third-order valence-electron chi connectivity index (χ3n) is 4.77. The number of aryl methyl sites for hydroxylation is 2. The normalized spacial score (nSPS) is 15.7. The zero-order chi connectivity index (χ0) is 20.5. The number of para-hydroxylation sites is 1. The van der Waals surface area contributed by atoms with Gasteiger partial charge in [0.05, 0.1) is 5.69 Å². The minimum absolute atomic E-state index is 0.0959. The van der Waals surface area contributed by atoms with E-state index in [2.05, 4.69) is 5.32 Å². The number of amides is 4. The molecule has 1 saturated heterocycles. The van der Waals surface area contributed by atoms with Crippen molar-refractivity contribution in [2.45, 2.75) is 13.8 Å². The van der Waals surface area contributed by atoms with E-state index in [0.29, 0.717) is 11.4 Å². The van der Waals surface area contributed by atoms with Gasteiger partial charge in [0.1, 0.15) is 5.57 Å². The van der Waals surface area contributed by atoms with Crippen molar-refractivity contribution in [1.29, 1.82) is 0 Å². The van der Waals surface area contributed by atoms with E-state index in [1.807, 2.05) is 66.9 Å². The van der Waals surface area contributed by atoms with E-state index in [-0.39, 0.29) is 5.57 Å². The number of benzene rings is 2. The SMILES string of the molecule is Cc1cccc(N2C(=O)NC(=O)/C(=C\c3ccc(C)n3-c3ccccc3)C2=O)c1. The van der Waals surface area contributed by atoms with Crippen molar-refractivity contribution in [3.05, 3.63) is 89.3 Å². The molecule has 2 aromatic carbocycles. The Bertz CT molecular complexity index is 1160. The average Bonchev–Trinajstić information content (AvgIpc) is 3.06. The van der Waals surface area contributed by atoms with Crippen LogP contribution in [0.2, 0.25) is 0 Å². The maximum atomic E-state index is 13.1. The fourth-order valence-electron chi connectivity index (χ4n) is 3.41. The predicted octanol–water partition coefficient (Wildman–Crippen LogP) is 3.76. The van der Waals surface area contributed by atoms with Crippen molar-refractivity contribution >= 4 is 29.6 Å². The molecule has 0 radical (unpaired) electrons. The Kier molecular flexibility index (Phi) is 4.60. The quantitative estimate of drug-likeness (QED) is 0.551. The molecule has 1 fully saturated rings. The Hall–Kier alpha value is -3.93. The van der Waals surface area contributed by atoms with Crippen molar-refractivity contribution < 1.29 is 14.4 Å². The van der Waals surface area contributed by atoms with Crippen molar-refractivity contribution in [1.82, 2.24) is 9.88 Å². The summed E-state index contributed by atoms with van der Waals surface area (Å²) in [5.41, 5.74) is 3.77. The number of hydrogen-bond donors (Lipinski definition) is 1. The van der Waals surface area contributed by atoms with Gasteiger partial charge in [-0.25, -0.2) is 9.69 Å². The first-order valence-electron chi connectivity index (χ1n) is 9.17. The molecular formula is C23H19N3O3. The van der Waals surface area contributed by atoms with E-state index < -0.39 is 17.8 Å². The van der Waals surface area contributed by atoms with Crippen LogP contribution in [0.1, 0.15) is 17.0 Å². The lowest BCUT2D eigenvalue weighted by atomic mass is 10.1. The lowest BCUT2D eigenvalue weighted by molar-refractivity contribution is -0.122. The van der Waals surface area contributed by atoms with Crippen molar-refractivity contribution in [3.63, 3.8) is 0 Å². The molecule has 6 heteroatoms. The van der Waals surface area contributed by atoms with Gasteiger partial charge < -0.3 is 4.57 Å². The summed E-state index contributed by atoms with van der Waals surface area (Å²) in [5, 5.41) is 2.26. The van der Waals surface area contributed by atoms with Crippen LogP contribution in [0.15, 0.2) is 72.3 Å². The van der Waals surface area contributed by atoms with Crippen LogP contribution < -0.4 is 10.2 Å². The van der Waals surface area contributed by atoms with Gasteiger partial charge in [-0.3, -0.25) is 14.9 Å². The molecular weight excluding hydrogens is 366 g/mol. The molecule has 1 aliphatic heterocycles. The van der Waals surface area contributed by atoms with Crippen LogP contribution in [-0.4, -0.2) is 22.4 Å². The van der Waals surface area contributed by atoms with Gasteiger partial charge in [-0.1, -0.05) is 30.3 Å². The molecule has 144 valence electrons. The highest BCUT2D eigenvalue weighted by molar-refractivity contribution is 6.39. The molecule has 6 nitrogen and oxygen atoms in total. The molecule has 4 rings (SSSR count). The molecule has 0 bridgehead atoms. The van der Waals surface area contributed by atoms with Crippen LogP contribution in [0.4, 0.5) is 10.5 Å². The number of urea groups is 1. The lowest BCUT2D eigenvalue weighted by Gasteiger charge is -2.26. The average molecular weight is 385 g/mol. The Morgan fingerprint density at radius 3 is 2.28 bits per heavy atom. The summed E-state index contributed by atoms with van der Waals surface area (Å²) in [6.45, 7) is 3.81. The molecule has 0 saturated carbocycles. The third kappa shape index (κ3) is 3.36. The number of nitrogens with zero attached hydrogens (tertiary/aromatic N) is 2. The van der Waals surface area contributed by atoms with E-state index in [1.54, 1.807) is 18.2 Å². The maximum absolute atomic E-state index is 13.1. The topological polar surface area (TPSA) is 71.4 Å². The van der Waals surface area contributed by atoms with Gasteiger partial charge in [-0.15, -0.1) is 0 Å². The number of anilines is 1. The van der Waals surface area contributed by atoms with Crippen LogP contribution in [0, 0.1) is 13.8 Å². The number of imide groups is 2. The van der Waals surface area contributed by atoms with Crippen molar-refractivity contribution in [2.24, 2.45) is 0 Å². The monoisotopic (exact) mass is 385 g/mol. The van der Waals surface area contributed by atoms with Gasteiger partial charge in [-0.2, -0.15) is 0 Å². The molecule has 4 amide bonds. The molecule has 3 aromatic rings. The second-order valence-corrected chi connectivity index (χ2v) is 6.87. The van der Waals surface area contributed by atoms with Crippen molar-refractivity contribution in [2.75, 3.05) is 4.90 Å². The number of carbonyl (C=O) groups excluding carboxylic acids is 3. The fraction of sp³-hybridized carbons (Fsp3) is 0.0870. The third-order valence-corrected chi connectivity index (χ3v) is 4.77. The molecule has 1 N–H and O–H groups in total. The summed E-state index contributed by atoms with van der Waals surface area (Å²) in [4.78, 5) is 38.9. The second kappa shape index (κ2) is 7.24. The first-order chi connectivity index (χ1) is 14.0. The second-order valence-electron chi connectivity index (χ2n) is 6.87. The minimum Gasteiger partial charge on any atom is -0.314 e. The van der Waals surface area contributed by atoms with E-state index in [9.17, 15) is 14.4 Å². The molecule has 1 aromatic heterocycles. The van der Waals surface area contributed by atoms with E-state index in [1.165, 1.54) is 6.08 Å². The highest BCUT2D eigenvalue weighted by atomic mass is 16.2. The number of hydrogen-bond acceptors (Lipinski definition) is 3.